The third-order valence-corrected chi connectivity index (χ3v) is 4.40. The van der Waals surface area contributed by atoms with Crippen molar-refractivity contribution < 1.29 is 4.74 Å². The molecular weight excluding hydrogens is 294 g/mol. The Morgan fingerprint density at radius 1 is 1.09 bits per heavy atom. The first-order valence-corrected chi connectivity index (χ1v) is 8.42. The van der Waals surface area contributed by atoms with Gasteiger partial charge in [0.25, 0.3) is 0 Å². The zero-order valence-corrected chi connectivity index (χ0v) is 13.5. The summed E-state index contributed by atoms with van der Waals surface area (Å²) in [5.41, 5.74) is 2.19. The van der Waals surface area contributed by atoms with Crippen molar-refractivity contribution in [2.75, 3.05) is 13.2 Å². The minimum Gasteiger partial charge on any atom is -0.493 e. The van der Waals surface area contributed by atoms with E-state index in [0.717, 1.165) is 41.5 Å². The molecule has 0 spiro atoms. The summed E-state index contributed by atoms with van der Waals surface area (Å²) in [7, 11) is 0. The molecule has 1 fully saturated rings. The molecule has 0 aliphatic carbocycles. The Balaban J connectivity index is 1.68. The quantitative estimate of drug-likeness (QED) is 0.845. The highest BCUT2D eigenvalue weighted by atomic mass is 35.5. The maximum Gasteiger partial charge on any atom is 0.127 e. The molecule has 1 saturated heterocycles. The van der Waals surface area contributed by atoms with Crippen molar-refractivity contribution in [3.05, 3.63) is 53.6 Å². The Bertz CT molecular complexity index is 594. The van der Waals surface area contributed by atoms with E-state index in [-0.39, 0.29) is 0 Å². The maximum absolute atomic E-state index is 6.16. The SMILES string of the molecule is Clc1ccc(OCC[C@@H]2CCCCN2)c(-c2ccccc2)c1. The summed E-state index contributed by atoms with van der Waals surface area (Å²) >= 11 is 6.16. The molecule has 0 radical (unpaired) electrons. The van der Waals surface area contributed by atoms with Gasteiger partial charge in [-0.25, -0.2) is 0 Å². The predicted octanol–water partition coefficient (Wildman–Crippen LogP) is 4.92. The van der Waals surface area contributed by atoms with Gasteiger partial charge >= 0.3 is 0 Å². The average molecular weight is 316 g/mol. The largest absolute Gasteiger partial charge is 0.493 e. The van der Waals surface area contributed by atoms with Gasteiger partial charge in [-0.2, -0.15) is 0 Å². The van der Waals surface area contributed by atoms with E-state index in [2.05, 4.69) is 17.4 Å². The van der Waals surface area contributed by atoms with Crippen LogP contribution in [0.1, 0.15) is 25.7 Å². The van der Waals surface area contributed by atoms with Crippen LogP contribution in [-0.2, 0) is 0 Å². The number of hydrogen-bond acceptors (Lipinski definition) is 2. The standard InChI is InChI=1S/C19H22ClNO/c20-16-9-10-19(18(14-16)15-6-2-1-3-7-15)22-13-11-17-8-4-5-12-21-17/h1-3,6-7,9-10,14,17,21H,4-5,8,11-13H2/t17-/m0/s1. The van der Waals surface area contributed by atoms with Crippen molar-refractivity contribution in [1.29, 1.82) is 0 Å². The molecule has 2 aromatic rings. The molecule has 0 aromatic heterocycles. The summed E-state index contributed by atoms with van der Waals surface area (Å²) in [5, 5.41) is 4.30. The summed E-state index contributed by atoms with van der Waals surface area (Å²) in [6.07, 6.45) is 4.94. The van der Waals surface area contributed by atoms with Crippen LogP contribution in [0.2, 0.25) is 5.02 Å². The van der Waals surface area contributed by atoms with E-state index < -0.39 is 0 Å². The summed E-state index contributed by atoms with van der Waals surface area (Å²) in [6.45, 7) is 1.88. The molecular formula is C19H22ClNO. The van der Waals surface area contributed by atoms with Gasteiger partial charge in [0.2, 0.25) is 0 Å². The minimum atomic E-state index is 0.598. The topological polar surface area (TPSA) is 21.3 Å². The number of halogens is 1. The minimum absolute atomic E-state index is 0.598. The molecule has 1 atom stereocenters. The van der Waals surface area contributed by atoms with Crippen LogP contribution in [0, 0.1) is 0 Å². The Labute approximate surface area is 137 Å². The molecule has 1 aliphatic heterocycles. The van der Waals surface area contributed by atoms with Crippen LogP contribution < -0.4 is 10.1 Å². The first kappa shape index (κ1) is 15.4. The molecule has 0 unspecified atom stereocenters. The first-order chi connectivity index (χ1) is 10.8. The van der Waals surface area contributed by atoms with Crippen molar-refractivity contribution in [2.45, 2.75) is 31.7 Å². The third-order valence-electron chi connectivity index (χ3n) is 4.16. The zero-order valence-electron chi connectivity index (χ0n) is 12.7. The Morgan fingerprint density at radius 3 is 2.73 bits per heavy atom. The van der Waals surface area contributed by atoms with E-state index in [1.807, 2.05) is 36.4 Å². The maximum atomic E-state index is 6.16. The monoisotopic (exact) mass is 315 g/mol. The van der Waals surface area contributed by atoms with Crippen LogP contribution in [0.4, 0.5) is 0 Å². The second kappa shape index (κ2) is 7.66. The van der Waals surface area contributed by atoms with Crippen LogP contribution in [0.3, 0.4) is 0 Å². The molecule has 1 N–H and O–H groups in total. The Hall–Kier alpha value is -1.51. The fraction of sp³-hybridized carbons (Fsp3) is 0.368. The van der Waals surface area contributed by atoms with Gasteiger partial charge in [0.15, 0.2) is 0 Å². The van der Waals surface area contributed by atoms with E-state index >= 15 is 0 Å². The van der Waals surface area contributed by atoms with Gasteiger partial charge in [0, 0.05) is 16.6 Å². The normalized spacial score (nSPS) is 18.1. The molecule has 116 valence electrons. The summed E-state index contributed by atoms with van der Waals surface area (Å²) in [4.78, 5) is 0. The highest BCUT2D eigenvalue weighted by Gasteiger charge is 2.13. The molecule has 3 rings (SSSR count). The fourth-order valence-corrected chi connectivity index (χ4v) is 3.13. The van der Waals surface area contributed by atoms with Gasteiger partial charge < -0.3 is 10.1 Å². The van der Waals surface area contributed by atoms with E-state index in [4.69, 9.17) is 16.3 Å². The zero-order chi connectivity index (χ0) is 15.2. The van der Waals surface area contributed by atoms with Crippen LogP contribution in [0.5, 0.6) is 5.75 Å². The lowest BCUT2D eigenvalue weighted by atomic mass is 10.0. The predicted molar refractivity (Wildman–Crippen MR) is 92.6 cm³/mol. The smallest absolute Gasteiger partial charge is 0.127 e. The van der Waals surface area contributed by atoms with Gasteiger partial charge in [0.1, 0.15) is 5.75 Å². The van der Waals surface area contributed by atoms with Crippen LogP contribution in [0.25, 0.3) is 11.1 Å². The molecule has 0 bridgehead atoms. The molecule has 22 heavy (non-hydrogen) atoms. The molecule has 0 amide bonds. The highest BCUT2D eigenvalue weighted by Crippen LogP contribution is 2.32. The Kier molecular flexibility index (Phi) is 5.36. The lowest BCUT2D eigenvalue weighted by molar-refractivity contribution is 0.269. The number of rotatable bonds is 5. The van der Waals surface area contributed by atoms with Gasteiger partial charge in [-0.15, -0.1) is 0 Å². The molecule has 2 nitrogen and oxygen atoms in total. The van der Waals surface area contributed by atoms with Crippen molar-refractivity contribution >= 4 is 11.6 Å². The van der Waals surface area contributed by atoms with Crippen LogP contribution in [0.15, 0.2) is 48.5 Å². The first-order valence-electron chi connectivity index (χ1n) is 8.04. The molecule has 0 saturated carbocycles. The molecule has 3 heteroatoms. The van der Waals surface area contributed by atoms with Gasteiger partial charge in [-0.1, -0.05) is 48.4 Å². The van der Waals surface area contributed by atoms with Gasteiger partial charge in [-0.3, -0.25) is 0 Å². The van der Waals surface area contributed by atoms with Gasteiger partial charge in [-0.05, 0) is 49.6 Å². The highest BCUT2D eigenvalue weighted by molar-refractivity contribution is 6.31. The summed E-state index contributed by atoms with van der Waals surface area (Å²) in [5.74, 6) is 0.909. The van der Waals surface area contributed by atoms with Crippen molar-refractivity contribution in [3.8, 4) is 16.9 Å². The average Bonchev–Trinajstić information content (AvgIpc) is 2.58. The molecule has 2 aromatic carbocycles. The van der Waals surface area contributed by atoms with Gasteiger partial charge in [0.05, 0.1) is 6.61 Å². The van der Waals surface area contributed by atoms with Crippen LogP contribution in [-0.4, -0.2) is 19.2 Å². The summed E-state index contributed by atoms with van der Waals surface area (Å²) < 4.78 is 6.05. The summed E-state index contributed by atoms with van der Waals surface area (Å²) in [6, 6.07) is 16.7. The fourth-order valence-electron chi connectivity index (χ4n) is 2.95. The Morgan fingerprint density at radius 2 is 1.95 bits per heavy atom. The van der Waals surface area contributed by atoms with Crippen molar-refractivity contribution in [2.24, 2.45) is 0 Å². The third kappa shape index (κ3) is 4.02. The van der Waals surface area contributed by atoms with Crippen LogP contribution >= 0.6 is 11.6 Å². The van der Waals surface area contributed by atoms with Crippen molar-refractivity contribution in [3.63, 3.8) is 0 Å². The number of ether oxygens (including phenoxy) is 1. The molecule has 1 heterocycles. The van der Waals surface area contributed by atoms with Crippen molar-refractivity contribution in [1.82, 2.24) is 5.32 Å². The number of nitrogens with one attached hydrogen (secondary N) is 1. The van der Waals surface area contributed by atoms with E-state index in [9.17, 15) is 0 Å². The van der Waals surface area contributed by atoms with E-state index in [1.165, 1.54) is 19.3 Å². The lowest BCUT2D eigenvalue weighted by Gasteiger charge is -2.23. The lowest BCUT2D eigenvalue weighted by Crippen LogP contribution is -2.35. The van der Waals surface area contributed by atoms with E-state index in [0.29, 0.717) is 6.04 Å². The number of piperidine rings is 1. The van der Waals surface area contributed by atoms with E-state index in [1.54, 1.807) is 0 Å². The molecule has 1 aliphatic rings. The number of hydrogen-bond donors (Lipinski definition) is 1. The second-order valence-electron chi connectivity index (χ2n) is 5.79. The number of benzene rings is 2. The second-order valence-corrected chi connectivity index (χ2v) is 6.23.